The van der Waals surface area contributed by atoms with Gasteiger partial charge < -0.3 is 5.11 Å². The van der Waals surface area contributed by atoms with Gasteiger partial charge in [0.2, 0.25) is 0 Å². The molecule has 0 spiro atoms. The van der Waals surface area contributed by atoms with Crippen molar-refractivity contribution in [2.75, 3.05) is 0 Å². The molecule has 2 aromatic rings. The number of pyridine rings is 1. The highest BCUT2D eigenvalue weighted by Gasteiger charge is 2.26. The molecule has 1 heterocycles. The standard InChI is InChI=1S/C12H10N2O4/c1-7(12(15)16)8-4-5-10-9(3-2-6-13-10)11(8)14(17)18/h2-7H,1H3,(H,15,16). The fourth-order valence-corrected chi connectivity index (χ4v) is 1.84. The molecular formula is C12H10N2O4. The molecule has 0 amide bonds. The first-order valence-corrected chi connectivity index (χ1v) is 5.27. The number of nitrogens with zero attached hydrogens (tertiary/aromatic N) is 2. The van der Waals surface area contributed by atoms with Crippen molar-refractivity contribution >= 4 is 22.6 Å². The van der Waals surface area contributed by atoms with E-state index in [1.54, 1.807) is 18.2 Å². The Bertz CT molecular complexity index is 639. The van der Waals surface area contributed by atoms with Crippen LogP contribution >= 0.6 is 0 Å². The fraction of sp³-hybridized carbons (Fsp3) is 0.167. The molecule has 0 fully saturated rings. The molecule has 0 bridgehead atoms. The van der Waals surface area contributed by atoms with Gasteiger partial charge in [-0.3, -0.25) is 19.9 Å². The summed E-state index contributed by atoms with van der Waals surface area (Å²) in [7, 11) is 0. The van der Waals surface area contributed by atoms with Crippen LogP contribution in [0.3, 0.4) is 0 Å². The van der Waals surface area contributed by atoms with Crippen LogP contribution in [0.2, 0.25) is 0 Å². The van der Waals surface area contributed by atoms with Crippen molar-refractivity contribution in [3.63, 3.8) is 0 Å². The molecule has 0 saturated carbocycles. The van der Waals surface area contributed by atoms with Gasteiger partial charge in [-0.05, 0) is 31.2 Å². The highest BCUT2D eigenvalue weighted by atomic mass is 16.6. The third-order valence-electron chi connectivity index (χ3n) is 2.81. The Morgan fingerprint density at radius 2 is 2.17 bits per heavy atom. The topological polar surface area (TPSA) is 93.3 Å². The van der Waals surface area contributed by atoms with Crippen LogP contribution in [-0.2, 0) is 4.79 Å². The summed E-state index contributed by atoms with van der Waals surface area (Å²) in [4.78, 5) is 25.6. The second-order valence-corrected chi connectivity index (χ2v) is 3.89. The van der Waals surface area contributed by atoms with Gasteiger partial charge in [0.1, 0.15) is 0 Å². The highest BCUT2D eigenvalue weighted by Crippen LogP contribution is 2.33. The summed E-state index contributed by atoms with van der Waals surface area (Å²) in [6.45, 7) is 1.42. The van der Waals surface area contributed by atoms with Crippen molar-refractivity contribution in [3.05, 3.63) is 46.1 Å². The maximum absolute atomic E-state index is 11.1. The first-order valence-electron chi connectivity index (χ1n) is 5.27. The second-order valence-electron chi connectivity index (χ2n) is 3.89. The van der Waals surface area contributed by atoms with Crippen LogP contribution in [0.15, 0.2) is 30.5 Å². The second kappa shape index (κ2) is 4.40. The van der Waals surface area contributed by atoms with E-state index in [4.69, 9.17) is 5.11 Å². The van der Waals surface area contributed by atoms with E-state index < -0.39 is 16.8 Å². The van der Waals surface area contributed by atoms with E-state index in [0.717, 1.165) is 0 Å². The first kappa shape index (κ1) is 12.0. The van der Waals surface area contributed by atoms with Crippen LogP contribution in [0.25, 0.3) is 10.9 Å². The lowest BCUT2D eigenvalue weighted by Gasteiger charge is -2.09. The van der Waals surface area contributed by atoms with E-state index >= 15 is 0 Å². The number of aromatic nitrogens is 1. The number of nitro benzene ring substituents is 1. The van der Waals surface area contributed by atoms with E-state index in [-0.39, 0.29) is 11.3 Å². The molecule has 1 aromatic carbocycles. The molecule has 1 unspecified atom stereocenters. The fourth-order valence-electron chi connectivity index (χ4n) is 1.84. The Kier molecular flexibility index (Phi) is 2.93. The minimum atomic E-state index is -1.10. The van der Waals surface area contributed by atoms with E-state index in [2.05, 4.69) is 4.98 Å². The van der Waals surface area contributed by atoms with Gasteiger partial charge in [0.05, 0.1) is 21.7 Å². The summed E-state index contributed by atoms with van der Waals surface area (Å²) >= 11 is 0. The monoisotopic (exact) mass is 246 g/mol. The van der Waals surface area contributed by atoms with Gasteiger partial charge in [-0.2, -0.15) is 0 Å². The summed E-state index contributed by atoms with van der Waals surface area (Å²) in [6.07, 6.45) is 1.53. The van der Waals surface area contributed by atoms with E-state index in [1.807, 2.05) is 0 Å². The summed E-state index contributed by atoms with van der Waals surface area (Å²) < 4.78 is 0. The van der Waals surface area contributed by atoms with Crippen molar-refractivity contribution in [3.8, 4) is 0 Å². The molecule has 1 atom stereocenters. The zero-order valence-corrected chi connectivity index (χ0v) is 9.53. The lowest BCUT2D eigenvalue weighted by molar-refractivity contribution is -0.383. The SMILES string of the molecule is CC(C(=O)O)c1ccc2ncccc2c1[N+](=O)[O-]. The number of rotatable bonds is 3. The van der Waals surface area contributed by atoms with E-state index in [0.29, 0.717) is 10.9 Å². The largest absolute Gasteiger partial charge is 0.481 e. The first-order chi connectivity index (χ1) is 8.52. The number of hydrogen-bond donors (Lipinski definition) is 1. The van der Waals surface area contributed by atoms with Gasteiger partial charge in [-0.25, -0.2) is 0 Å². The normalized spacial score (nSPS) is 12.3. The van der Waals surface area contributed by atoms with E-state index in [1.165, 1.54) is 19.2 Å². The molecular weight excluding hydrogens is 236 g/mol. The van der Waals surface area contributed by atoms with Gasteiger partial charge in [-0.1, -0.05) is 0 Å². The number of carboxylic acid groups (broad SMARTS) is 1. The Balaban J connectivity index is 2.78. The average Bonchev–Trinajstić information content (AvgIpc) is 2.36. The van der Waals surface area contributed by atoms with Crippen molar-refractivity contribution in [2.45, 2.75) is 12.8 Å². The molecule has 0 aliphatic carbocycles. The van der Waals surface area contributed by atoms with Crippen LogP contribution in [0, 0.1) is 10.1 Å². The van der Waals surface area contributed by atoms with Gasteiger partial charge in [0, 0.05) is 11.8 Å². The third-order valence-corrected chi connectivity index (χ3v) is 2.81. The number of aliphatic carboxylic acids is 1. The predicted molar refractivity (Wildman–Crippen MR) is 64.4 cm³/mol. The number of benzene rings is 1. The maximum atomic E-state index is 11.1. The maximum Gasteiger partial charge on any atom is 0.310 e. The molecule has 6 heteroatoms. The Labute approximate surface area is 102 Å². The number of hydrogen-bond acceptors (Lipinski definition) is 4. The molecule has 0 saturated heterocycles. The van der Waals surface area contributed by atoms with Gasteiger partial charge in [-0.15, -0.1) is 0 Å². The average molecular weight is 246 g/mol. The third kappa shape index (κ3) is 1.88. The Morgan fingerprint density at radius 3 is 2.78 bits per heavy atom. The van der Waals surface area contributed by atoms with E-state index in [9.17, 15) is 14.9 Å². The van der Waals surface area contributed by atoms with Crippen molar-refractivity contribution in [2.24, 2.45) is 0 Å². The van der Waals surface area contributed by atoms with Gasteiger partial charge in [0.15, 0.2) is 0 Å². The summed E-state index contributed by atoms with van der Waals surface area (Å²) in [5.74, 6) is -2.03. The quantitative estimate of drug-likeness (QED) is 0.662. The lowest BCUT2D eigenvalue weighted by Crippen LogP contribution is -2.10. The molecule has 0 aliphatic heterocycles. The summed E-state index contributed by atoms with van der Waals surface area (Å²) in [5.41, 5.74) is 0.481. The van der Waals surface area contributed by atoms with Gasteiger partial charge >= 0.3 is 5.97 Å². The Hall–Kier alpha value is -2.50. The molecule has 1 N–H and O–H groups in total. The molecule has 0 radical (unpaired) electrons. The number of nitro groups is 1. The Morgan fingerprint density at radius 1 is 1.44 bits per heavy atom. The summed E-state index contributed by atoms with van der Waals surface area (Å²) in [6, 6.07) is 6.20. The highest BCUT2D eigenvalue weighted by molar-refractivity contribution is 5.92. The van der Waals surface area contributed by atoms with Crippen LogP contribution in [0.5, 0.6) is 0 Å². The minimum absolute atomic E-state index is 0.185. The van der Waals surface area contributed by atoms with Crippen molar-refractivity contribution in [1.82, 2.24) is 4.98 Å². The molecule has 2 rings (SSSR count). The number of fused-ring (bicyclic) bond motifs is 1. The van der Waals surface area contributed by atoms with Crippen LogP contribution < -0.4 is 0 Å². The number of carbonyl (C=O) groups is 1. The van der Waals surface area contributed by atoms with Gasteiger partial charge in [0.25, 0.3) is 5.69 Å². The van der Waals surface area contributed by atoms with Crippen LogP contribution in [0.1, 0.15) is 18.4 Å². The van der Waals surface area contributed by atoms with Crippen molar-refractivity contribution in [1.29, 1.82) is 0 Å². The molecule has 1 aromatic heterocycles. The smallest absolute Gasteiger partial charge is 0.310 e. The van der Waals surface area contributed by atoms with Crippen LogP contribution in [-0.4, -0.2) is 21.0 Å². The molecule has 18 heavy (non-hydrogen) atoms. The molecule has 6 nitrogen and oxygen atoms in total. The molecule has 0 aliphatic rings. The minimum Gasteiger partial charge on any atom is -0.481 e. The number of carboxylic acids is 1. The predicted octanol–water partition coefficient (Wildman–Crippen LogP) is 2.33. The van der Waals surface area contributed by atoms with Crippen LogP contribution in [0.4, 0.5) is 5.69 Å². The zero-order valence-electron chi connectivity index (χ0n) is 9.53. The van der Waals surface area contributed by atoms with Crippen molar-refractivity contribution < 1.29 is 14.8 Å². The zero-order chi connectivity index (χ0) is 13.3. The molecule has 92 valence electrons. The lowest BCUT2D eigenvalue weighted by atomic mass is 9.97. The summed E-state index contributed by atoms with van der Waals surface area (Å²) in [5, 5.41) is 20.5.